The van der Waals surface area contributed by atoms with Gasteiger partial charge < -0.3 is 9.88 Å². The van der Waals surface area contributed by atoms with Gasteiger partial charge in [-0.1, -0.05) is 18.2 Å². The first kappa shape index (κ1) is 15.2. The molecule has 0 radical (unpaired) electrons. The number of aromatic nitrogens is 3. The lowest BCUT2D eigenvalue weighted by Crippen LogP contribution is -2.21. The molecule has 0 fully saturated rings. The van der Waals surface area contributed by atoms with E-state index in [1.165, 1.54) is 0 Å². The van der Waals surface area contributed by atoms with Gasteiger partial charge in [-0.2, -0.15) is 0 Å². The molecule has 23 heavy (non-hydrogen) atoms. The highest BCUT2D eigenvalue weighted by molar-refractivity contribution is 5.75. The first-order valence-corrected chi connectivity index (χ1v) is 7.86. The second-order valence-corrected chi connectivity index (χ2v) is 5.53. The first-order valence-electron chi connectivity index (χ1n) is 7.86. The van der Waals surface area contributed by atoms with E-state index in [1.807, 2.05) is 41.8 Å². The monoisotopic (exact) mass is 308 g/mol. The van der Waals surface area contributed by atoms with Gasteiger partial charge >= 0.3 is 0 Å². The molecular weight excluding hydrogens is 288 g/mol. The van der Waals surface area contributed by atoms with Crippen LogP contribution in [0.3, 0.4) is 0 Å². The molecule has 2 aromatic heterocycles. The minimum atomic E-state index is 0.0679. The fraction of sp³-hybridized carbons (Fsp3) is 0.278. The normalized spacial score (nSPS) is 10.8. The largest absolute Gasteiger partial charge is 0.369 e. The maximum absolute atomic E-state index is 11.8. The van der Waals surface area contributed by atoms with Gasteiger partial charge in [-0.25, -0.2) is 4.98 Å². The Morgan fingerprint density at radius 3 is 2.70 bits per heavy atom. The molecule has 0 bridgehead atoms. The molecule has 2 heterocycles. The maximum atomic E-state index is 11.8. The average molecular weight is 308 g/mol. The molecule has 3 aromatic rings. The van der Waals surface area contributed by atoms with Gasteiger partial charge in [0.25, 0.3) is 5.56 Å². The van der Waals surface area contributed by atoms with E-state index in [0.717, 1.165) is 48.5 Å². The summed E-state index contributed by atoms with van der Waals surface area (Å²) in [7, 11) is 0. The summed E-state index contributed by atoms with van der Waals surface area (Å²) in [6.45, 7) is 3.52. The topological polar surface area (TPSA) is 59.8 Å². The smallest absolute Gasteiger partial charge is 0.250 e. The van der Waals surface area contributed by atoms with Gasteiger partial charge in [0, 0.05) is 24.8 Å². The van der Waals surface area contributed by atoms with E-state index in [9.17, 15) is 4.79 Å². The Bertz CT molecular complexity index is 857. The summed E-state index contributed by atoms with van der Waals surface area (Å²) < 4.78 is 1.82. The summed E-state index contributed by atoms with van der Waals surface area (Å²) in [5, 5.41) is 3.29. The van der Waals surface area contributed by atoms with Crippen LogP contribution in [0, 0.1) is 6.92 Å². The Kier molecular flexibility index (Phi) is 4.66. The van der Waals surface area contributed by atoms with E-state index in [1.54, 1.807) is 18.3 Å². The highest BCUT2D eigenvalue weighted by atomic mass is 16.1. The molecule has 0 unspecified atom stereocenters. The van der Waals surface area contributed by atoms with Crippen LogP contribution in [-0.2, 0) is 6.54 Å². The highest BCUT2D eigenvalue weighted by Crippen LogP contribution is 2.11. The van der Waals surface area contributed by atoms with Gasteiger partial charge in [-0.15, -0.1) is 0 Å². The molecule has 5 nitrogen and oxygen atoms in total. The molecule has 5 heteroatoms. The molecule has 0 atom stereocenters. The number of fused-ring (bicyclic) bond motifs is 1. The van der Waals surface area contributed by atoms with Crippen molar-refractivity contribution < 1.29 is 0 Å². The lowest BCUT2D eigenvalue weighted by molar-refractivity contribution is 0.591. The molecule has 0 saturated heterocycles. The summed E-state index contributed by atoms with van der Waals surface area (Å²) in [6, 6.07) is 13.2. The fourth-order valence-electron chi connectivity index (χ4n) is 2.56. The fourth-order valence-corrected chi connectivity index (χ4v) is 2.56. The summed E-state index contributed by atoms with van der Waals surface area (Å²) >= 11 is 0. The molecule has 0 amide bonds. The van der Waals surface area contributed by atoms with Crippen molar-refractivity contribution in [2.24, 2.45) is 0 Å². The van der Waals surface area contributed by atoms with Crippen molar-refractivity contribution in [3.63, 3.8) is 0 Å². The summed E-state index contributed by atoms with van der Waals surface area (Å²) in [6.07, 6.45) is 3.67. The second-order valence-electron chi connectivity index (χ2n) is 5.53. The van der Waals surface area contributed by atoms with Crippen molar-refractivity contribution >= 4 is 16.9 Å². The van der Waals surface area contributed by atoms with Crippen molar-refractivity contribution in [3.05, 3.63) is 64.7 Å². The van der Waals surface area contributed by atoms with Crippen LogP contribution in [0.4, 0.5) is 5.82 Å². The Morgan fingerprint density at radius 1 is 1.04 bits per heavy atom. The third-order valence-corrected chi connectivity index (χ3v) is 3.83. The molecule has 3 rings (SSSR count). The van der Waals surface area contributed by atoms with Crippen LogP contribution in [0.25, 0.3) is 11.0 Å². The van der Waals surface area contributed by atoms with Gasteiger partial charge in [0.15, 0.2) is 0 Å². The predicted octanol–water partition coefficient (Wildman–Crippen LogP) is 2.99. The van der Waals surface area contributed by atoms with Crippen molar-refractivity contribution in [1.29, 1.82) is 0 Å². The summed E-state index contributed by atoms with van der Waals surface area (Å²) in [5.74, 6) is 0.789. The SMILES string of the molecule is Cc1cccc(=O)n1CCCCNc1cnc2ccccc2n1. The Labute approximate surface area is 135 Å². The van der Waals surface area contributed by atoms with Crippen LogP contribution in [0.15, 0.2) is 53.5 Å². The van der Waals surface area contributed by atoms with Gasteiger partial charge in [0.1, 0.15) is 5.82 Å². The van der Waals surface area contributed by atoms with Crippen molar-refractivity contribution in [2.45, 2.75) is 26.3 Å². The zero-order valence-electron chi connectivity index (χ0n) is 13.2. The lowest BCUT2D eigenvalue weighted by Gasteiger charge is -2.10. The Balaban J connectivity index is 1.50. The number of para-hydroxylation sites is 2. The minimum Gasteiger partial charge on any atom is -0.369 e. The second kappa shape index (κ2) is 7.05. The van der Waals surface area contributed by atoms with E-state index in [2.05, 4.69) is 15.3 Å². The number of unbranched alkanes of at least 4 members (excludes halogenated alkanes) is 1. The van der Waals surface area contributed by atoms with Gasteiger partial charge in [-0.3, -0.25) is 9.78 Å². The van der Waals surface area contributed by atoms with Crippen LogP contribution in [0.1, 0.15) is 18.5 Å². The van der Waals surface area contributed by atoms with E-state index < -0.39 is 0 Å². The molecular formula is C18H20N4O. The van der Waals surface area contributed by atoms with Crippen LogP contribution in [0.5, 0.6) is 0 Å². The molecule has 1 aromatic carbocycles. The standard InChI is InChI=1S/C18H20N4O/c1-14-7-6-10-18(23)22(14)12-5-4-11-19-17-13-20-15-8-2-3-9-16(15)21-17/h2-3,6-10,13H,4-5,11-12H2,1H3,(H,19,21). The van der Waals surface area contributed by atoms with E-state index >= 15 is 0 Å². The highest BCUT2D eigenvalue weighted by Gasteiger charge is 2.00. The van der Waals surface area contributed by atoms with Crippen LogP contribution in [-0.4, -0.2) is 21.1 Å². The first-order chi connectivity index (χ1) is 11.2. The number of rotatable bonds is 6. The number of anilines is 1. The van der Waals surface area contributed by atoms with Gasteiger partial charge in [-0.05, 0) is 38.0 Å². The number of nitrogens with zero attached hydrogens (tertiary/aromatic N) is 3. The summed E-state index contributed by atoms with van der Waals surface area (Å²) in [4.78, 5) is 20.7. The van der Waals surface area contributed by atoms with Gasteiger partial charge in [0.2, 0.25) is 0 Å². The molecule has 0 aliphatic rings. The van der Waals surface area contributed by atoms with Crippen molar-refractivity contribution in [3.8, 4) is 0 Å². The molecule has 0 spiro atoms. The molecule has 0 aliphatic heterocycles. The zero-order chi connectivity index (χ0) is 16.1. The molecule has 0 saturated carbocycles. The van der Waals surface area contributed by atoms with Crippen LogP contribution < -0.4 is 10.9 Å². The number of hydrogen-bond donors (Lipinski definition) is 1. The van der Waals surface area contributed by atoms with Crippen molar-refractivity contribution in [2.75, 3.05) is 11.9 Å². The summed E-state index contributed by atoms with van der Waals surface area (Å²) in [5.41, 5.74) is 2.87. The van der Waals surface area contributed by atoms with E-state index in [4.69, 9.17) is 0 Å². The third-order valence-electron chi connectivity index (χ3n) is 3.83. The number of aryl methyl sites for hydroxylation is 1. The van der Waals surface area contributed by atoms with E-state index in [-0.39, 0.29) is 5.56 Å². The third kappa shape index (κ3) is 3.74. The quantitative estimate of drug-likeness (QED) is 0.711. The minimum absolute atomic E-state index is 0.0679. The van der Waals surface area contributed by atoms with Crippen LogP contribution >= 0.6 is 0 Å². The average Bonchev–Trinajstić information content (AvgIpc) is 2.57. The van der Waals surface area contributed by atoms with Gasteiger partial charge in [0.05, 0.1) is 17.2 Å². The molecule has 0 aliphatic carbocycles. The number of benzene rings is 1. The molecule has 1 N–H and O–H groups in total. The van der Waals surface area contributed by atoms with Crippen LogP contribution in [0.2, 0.25) is 0 Å². The van der Waals surface area contributed by atoms with Crippen molar-refractivity contribution in [1.82, 2.24) is 14.5 Å². The zero-order valence-corrected chi connectivity index (χ0v) is 13.2. The number of nitrogens with one attached hydrogen (secondary N) is 1. The maximum Gasteiger partial charge on any atom is 0.250 e. The van der Waals surface area contributed by atoms with E-state index in [0.29, 0.717) is 0 Å². The Morgan fingerprint density at radius 2 is 1.87 bits per heavy atom. The Hall–Kier alpha value is -2.69. The lowest BCUT2D eigenvalue weighted by atomic mass is 10.2. The number of hydrogen-bond acceptors (Lipinski definition) is 4. The number of pyridine rings is 1. The molecule has 118 valence electrons. The predicted molar refractivity (Wildman–Crippen MR) is 92.7 cm³/mol.